The van der Waals surface area contributed by atoms with Gasteiger partial charge in [-0.2, -0.15) is 0 Å². The van der Waals surface area contributed by atoms with Crippen molar-refractivity contribution in [2.24, 2.45) is 0 Å². The Kier molecular flexibility index (Phi) is 9.67. The molecule has 1 N–H and O–H groups in total. The molecule has 2 amide bonds. The molecule has 0 saturated heterocycles. The molecule has 0 aliphatic rings. The summed E-state index contributed by atoms with van der Waals surface area (Å²) in [5.74, 6) is -1.25. The Labute approximate surface area is 199 Å². The molecule has 180 valence electrons. The van der Waals surface area contributed by atoms with Crippen LogP contribution in [0.15, 0.2) is 48.5 Å². The summed E-state index contributed by atoms with van der Waals surface area (Å²) in [6, 6.07) is 11.9. The monoisotopic (exact) mass is 497 g/mol. The minimum atomic E-state index is -3.76. The van der Waals surface area contributed by atoms with Crippen LogP contribution in [0.25, 0.3) is 0 Å². The van der Waals surface area contributed by atoms with Crippen LogP contribution in [-0.2, 0) is 26.2 Å². The number of amides is 2. The highest BCUT2D eigenvalue weighted by molar-refractivity contribution is 7.92. The minimum Gasteiger partial charge on any atom is -0.357 e. The van der Waals surface area contributed by atoms with E-state index in [0.29, 0.717) is 11.4 Å². The van der Waals surface area contributed by atoms with E-state index in [1.54, 1.807) is 30.3 Å². The molecule has 2 rings (SSSR count). The highest BCUT2D eigenvalue weighted by Crippen LogP contribution is 2.22. The van der Waals surface area contributed by atoms with Gasteiger partial charge in [0.2, 0.25) is 21.8 Å². The Morgan fingerprint density at radius 3 is 2.30 bits per heavy atom. The number of nitrogens with zero attached hydrogens (tertiary/aromatic N) is 2. The Morgan fingerprint density at radius 1 is 1.12 bits per heavy atom. The number of benzene rings is 2. The van der Waals surface area contributed by atoms with Crippen LogP contribution < -0.4 is 9.62 Å². The third-order valence-electron chi connectivity index (χ3n) is 5.17. The van der Waals surface area contributed by atoms with E-state index in [1.807, 2.05) is 6.92 Å². The number of hydrogen-bond acceptors (Lipinski definition) is 4. The average Bonchev–Trinajstić information content (AvgIpc) is 2.77. The van der Waals surface area contributed by atoms with Crippen LogP contribution >= 0.6 is 11.6 Å². The molecule has 2 aromatic rings. The van der Waals surface area contributed by atoms with E-state index in [1.165, 1.54) is 30.1 Å². The largest absolute Gasteiger partial charge is 0.357 e. The van der Waals surface area contributed by atoms with Gasteiger partial charge in [0, 0.05) is 31.6 Å². The van der Waals surface area contributed by atoms with Crippen molar-refractivity contribution in [3.05, 3.63) is 64.9 Å². The lowest BCUT2D eigenvalue weighted by atomic mass is 10.1. The number of nitrogens with one attached hydrogen (secondary N) is 1. The molecule has 0 aliphatic heterocycles. The molecule has 33 heavy (non-hydrogen) atoms. The predicted octanol–water partition coefficient (Wildman–Crippen LogP) is 3.58. The third kappa shape index (κ3) is 7.43. The van der Waals surface area contributed by atoms with Crippen LogP contribution in [0, 0.1) is 5.82 Å². The Hall–Kier alpha value is -2.65. The van der Waals surface area contributed by atoms with E-state index < -0.39 is 21.9 Å². The van der Waals surface area contributed by atoms with Crippen molar-refractivity contribution in [3.63, 3.8) is 0 Å². The number of anilines is 1. The molecule has 0 spiro atoms. The zero-order valence-corrected chi connectivity index (χ0v) is 20.5. The summed E-state index contributed by atoms with van der Waals surface area (Å²) in [7, 11) is -2.25. The third-order valence-corrected chi connectivity index (χ3v) is 6.60. The van der Waals surface area contributed by atoms with Gasteiger partial charge in [-0.05, 0) is 42.7 Å². The topological polar surface area (TPSA) is 86.8 Å². The fourth-order valence-corrected chi connectivity index (χ4v) is 4.60. The van der Waals surface area contributed by atoms with Crippen LogP contribution in [0.4, 0.5) is 10.1 Å². The molecule has 2 aromatic carbocycles. The van der Waals surface area contributed by atoms with Crippen LogP contribution in [0.2, 0.25) is 5.02 Å². The maximum atomic E-state index is 14.2. The Balaban J connectivity index is 2.19. The Morgan fingerprint density at radius 2 is 1.76 bits per heavy atom. The summed E-state index contributed by atoms with van der Waals surface area (Å²) in [6.07, 6.45) is 1.54. The number of rotatable bonds is 11. The SMILES string of the molecule is CC[C@@H](C(=O)NC)N(Cc1ccc(Cl)cc1)C(=O)CCCN(c1ccccc1F)S(C)(=O)=O. The maximum absolute atomic E-state index is 14.2. The Bertz CT molecular complexity index is 1060. The first-order valence-corrected chi connectivity index (χ1v) is 12.8. The molecule has 7 nitrogen and oxygen atoms in total. The summed E-state index contributed by atoms with van der Waals surface area (Å²) in [5.41, 5.74) is 0.737. The number of halogens is 2. The second-order valence-electron chi connectivity index (χ2n) is 7.58. The molecule has 0 fully saturated rings. The first-order chi connectivity index (χ1) is 15.6. The smallest absolute Gasteiger partial charge is 0.242 e. The van der Waals surface area contributed by atoms with E-state index >= 15 is 0 Å². The van der Waals surface area contributed by atoms with Gasteiger partial charge in [-0.3, -0.25) is 13.9 Å². The number of likely N-dealkylation sites (N-methyl/N-ethyl adjacent to an activating group) is 1. The van der Waals surface area contributed by atoms with Gasteiger partial charge in [0.05, 0.1) is 11.9 Å². The lowest BCUT2D eigenvalue weighted by Gasteiger charge is -2.30. The van der Waals surface area contributed by atoms with Crippen LogP contribution in [0.3, 0.4) is 0 Å². The standard InChI is InChI=1S/C23H29ClFN3O4S/c1-4-20(23(30)26-2)27(16-17-11-13-18(24)14-12-17)22(29)10-7-15-28(33(3,31)32)21-9-6-5-8-19(21)25/h5-6,8-9,11-14,20H,4,7,10,15-16H2,1-3H3,(H,26,30)/t20-/m0/s1. The predicted molar refractivity (Wildman–Crippen MR) is 128 cm³/mol. The molecule has 0 heterocycles. The van der Waals surface area contributed by atoms with Gasteiger partial charge in [0.1, 0.15) is 11.9 Å². The molecule has 0 saturated carbocycles. The van der Waals surface area contributed by atoms with Crippen molar-refractivity contribution in [2.75, 3.05) is 24.2 Å². The van der Waals surface area contributed by atoms with Crippen LogP contribution in [0.5, 0.6) is 0 Å². The van der Waals surface area contributed by atoms with Gasteiger partial charge in [0.15, 0.2) is 0 Å². The lowest BCUT2D eigenvalue weighted by molar-refractivity contribution is -0.141. The first-order valence-electron chi connectivity index (χ1n) is 10.6. The molecule has 1 atom stereocenters. The average molecular weight is 498 g/mol. The lowest BCUT2D eigenvalue weighted by Crippen LogP contribution is -2.48. The van der Waals surface area contributed by atoms with Crippen LogP contribution in [-0.4, -0.2) is 51.0 Å². The van der Waals surface area contributed by atoms with Crippen molar-refractivity contribution >= 4 is 39.1 Å². The molecule has 10 heteroatoms. The zero-order valence-electron chi connectivity index (χ0n) is 18.9. The van der Waals surface area contributed by atoms with Gasteiger partial charge in [-0.1, -0.05) is 42.8 Å². The van der Waals surface area contributed by atoms with Gasteiger partial charge in [-0.15, -0.1) is 0 Å². The molecule has 0 radical (unpaired) electrons. The molecule has 0 bridgehead atoms. The van der Waals surface area contributed by atoms with Gasteiger partial charge >= 0.3 is 0 Å². The highest BCUT2D eigenvalue weighted by Gasteiger charge is 2.28. The quantitative estimate of drug-likeness (QED) is 0.514. The molecule has 0 aliphatic carbocycles. The number of carbonyl (C=O) groups is 2. The summed E-state index contributed by atoms with van der Waals surface area (Å²) >= 11 is 5.94. The van der Waals surface area contributed by atoms with E-state index in [0.717, 1.165) is 16.1 Å². The van der Waals surface area contributed by atoms with Crippen molar-refractivity contribution in [1.29, 1.82) is 0 Å². The molecule has 0 aromatic heterocycles. The van der Waals surface area contributed by atoms with Crippen molar-refractivity contribution < 1.29 is 22.4 Å². The van der Waals surface area contributed by atoms with Crippen molar-refractivity contribution in [1.82, 2.24) is 10.2 Å². The van der Waals surface area contributed by atoms with Crippen LogP contribution in [0.1, 0.15) is 31.7 Å². The van der Waals surface area contributed by atoms with Crippen molar-refractivity contribution in [2.45, 2.75) is 38.8 Å². The van der Waals surface area contributed by atoms with Crippen molar-refractivity contribution in [3.8, 4) is 0 Å². The van der Waals surface area contributed by atoms with Gasteiger partial charge < -0.3 is 10.2 Å². The second-order valence-corrected chi connectivity index (χ2v) is 9.92. The van der Waals surface area contributed by atoms with E-state index in [2.05, 4.69) is 5.32 Å². The fourth-order valence-electron chi connectivity index (χ4n) is 3.51. The van der Waals surface area contributed by atoms with E-state index in [-0.39, 0.29) is 43.4 Å². The summed E-state index contributed by atoms with van der Waals surface area (Å²) < 4.78 is 39.6. The molecular formula is C23H29ClFN3O4S. The molecule has 0 unspecified atom stereocenters. The van der Waals surface area contributed by atoms with E-state index in [4.69, 9.17) is 11.6 Å². The van der Waals surface area contributed by atoms with E-state index in [9.17, 15) is 22.4 Å². The summed E-state index contributed by atoms with van der Waals surface area (Å²) in [6.45, 7) is 1.94. The number of carbonyl (C=O) groups excluding carboxylic acids is 2. The number of hydrogen-bond donors (Lipinski definition) is 1. The minimum absolute atomic E-state index is 0.0123. The normalized spacial score (nSPS) is 12.2. The first kappa shape index (κ1) is 26.6. The molecular weight excluding hydrogens is 469 g/mol. The highest BCUT2D eigenvalue weighted by atomic mass is 35.5. The number of para-hydroxylation sites is 1. The van der Waals surface area contributed by atoms with Gasteiger partial charge in [0.25, 0.3) is 0 Å². The summed E-state index contributed by atoms with van der Waals surface area (Å²) in [5, 5.41) is 3.14. The maximum Gasteiger partial charge on any atom is 0.242 e. The fraction of sp³-hybridized carbons (Fsp3) is 0.391. The summed E-state index contributed by atoms with van der Waals surface area (Å²) in [4.78, 5) is 27.0. The number of sulfonamides is 1. The zero-order chi connectivity index (χ0) is 24.6. The second kappa shape index (κ2) is 12.0. The van der Waals surface area contributed by atoms with Gasteiger partial charge in [-0.25, -0.2) is 12.8 Å².